The molecule has 1 aliphatic rings. The summed E-state index contributed by atoms with van der Waals surface area (Å²) >= 11 is 0. The molecule has 0 bridgehead atoms. The monoisotopic (exact) mass is 296 g/mol. The van der Waals surface area contributed by atoms with Crippen molar-refractivity contribution in [3.05, 3.63) is 34.9 Å². The molecule has 118 valence electrons. The lowest BCUT2D eigenvalue weighted by Crippen LogP contribution is -2.50. The second-order valence-corrected chi connectivity index (χ2v) is 6.55. The van der Waals surface area contributed by atoms with Crippen LogP contribution in [0.2, 0.25) is 0 Å². The Balaban J connectivity index is 2.08. The number of rotatable bonds is 5. The molecule has 0 saturated heterocycles. The molecule has 2 nitrogen and oxygen atoms in total. The fraction of sp³-hybridized carbons (Fsp3) is 0.647. The molecule has 1 fully saturated rings. The van der Waals surface area contributed by atoms with Crippen LogP contribution in [0.5, 0.6) is 0 Å². The summed E-state index contributed by atoms with van der Waals surface area (Å²) in [7, 11) is 4.20. The molecule has 1 unspecified atom stereocenters. The maximum Gasteiger partial charge on any atom is 0.128 e. The van der Waals surface area contributed by atoms with Crippen molar-refractivity contribution in [2.45, 2.75) is 51.1 Å². The number of halogens is 2. The van der Waals surface area contributed by atoms with Crippen LogP contribution in [0.3, 0.4) is 0 Å². The standard InChI is InChI=1S/C17H26F2N2/c1-12-9-16(19)14(10-15(12)18)13(2)20-11-17(21(3)4)7-5-6-8-17/h9-10,13,20H,5-8,11H2,1-4H3. The van der Waals surface area contributed by atoms with Gasteiger partial charge in [-0.05, 0) is 58.5 Å². The molecule has 0 aliphatic heterocycles. The maximum atomic E-state index is 14.0. The Kier molecular flexibility index (Phi) is 4.99. The van der Waals surface area contributed by atoms with E-state index in [0.29, 0.717) is 11.1 Å². The average molecular weight is 296 g/mol. The number of hydrogen-bond acceptors (Lipinski definition) is 2. The molecular weight excluding hydrogens is 270 g/mol. The lowest BCUT2D eigenvalue weighted by Gasteiger charge is -2.37. The van der Waals surface area contributed by atoms with Gasteiger partial charge in [-0.25, -0.2) is 8.78 Å². The van der Waals surface area contributed by atoms with Gasteiger partial charge in [0.15, 0.2) is 0 Å². The Labute approximate surface area is 126 Å². The number of nitrogens with one attached hydrogen (secondary N) is 1. The topological polar surface area (TPSA) is 15.3 Å². The van der Waals surface area contributed by atoms with Crippen molar-refractivity contribution in [1.82, 2.24) is 10.2 Å². The van der Waals surface area contributed by atoms with E-state index in [1.54, 1.807) is 6.92 Å². The Bertz CT molecular complexity index is 494. The molecule has 1 saturated carbocycles. The van der Waals surface area contributed by atoms with Crippen LogP contribution in [0.4, 0.5) is 8.78 Å². The summed E-state index contributed by atoms with van der Waals surface area (Å²) in [6.45, 7) is 4.28. The van der Waals surface area contributed by atoms with E-state index in [0.717, 1.165) is 19.4 Å². The van der Waals surface area contributed by atoms with Crippen LogP contribution in [0.25, 0.3) is 0 Å². The van der Waals surface area contributed by atoms with E-state index in [1.807, 2.05) is 6.92 Å². The number of hydrogen-bond donors (Lipinski definition) is 1. The van der Waals surface area contributed by atoms with Gasteiger partial charge in [0.25, 0.3) is 0 Å². The third kappa shape index (κ3) is 3.43. The minimum Gasteiger partial charge on any atom is -0.308 e. The van der Waals surface area contributed by atoms with Crippen LogP contribution in [0.15, 0.2) is 12.1 Å². The Morgan fingerprint density at radius 1 is 1.19 bits per heavy atom. The van der Waals surface area contributed by atoms with Gasteiger partial charge in [0.1, 0.15) is 11.6 Å². The third-order valence-electron chi connectivity index (χ3n) is 4.96. The van der Waals surface area contributed by atoms with Gasteiger partial charge >= 0.3 is 0 Å². The molecular formula is C17H26F2N2. The first-order valence-corrected chi connectivity index (χ1v) is 7.72. The van der Waals surface area contributed by atoms with Gasteiger partial charge in [0.05, 0.1) is 0 Å². The minimum atomic E-state index is -0.344. The van der Waals surface area contributed by atoms with Crippen molar-refractivity contribution in [2.24, 2.45) is 0 Å². The van der Waals surface area contributed by atoms with Crippen LogP contribution in [-0.2, 0) is 0 Å². The van der Waals surface area contributed by atoms with E-state index < -0.39 is 0 Å². The quantitative estimate of drug-likeness (QED) is 0.889. The highest BCUT2D eigenvalue weighted by Crippen LogP contribution is 2.33. The van der Waals surface area contributed by atoms with Gasteiger partial charge < -0.3 is 10.2 Å². The van der Waals surface area contributed by atoms with Gasteiger partial charge in [-0.15, -0.1) is 0 Å². The average Bonchev–Trinajstić information content (AvgIpc) is 2.90. The first-order valence-electron chi connectivity index (χ1n) is 7.72. The molecule has 0 heterocycles. The Morgan fingerprint density at radius 2 is 1.81 bits per heavy atom. The normalized spacial score (nSPS) is 19.2. The van der Waals surface area contributed by atoms with Crippen molar-refractivity contribution in [1.29, 1.82) is 0 Å². The second kappa shape index (κ2) is 6.41. The van der Waals surface area contributed by atoms with Gasteiger partial charge in [0, 0.05) is 23.7 Å². The molecule has 0 radical (unpaired) electrons. The van der Waals surface area contributed by atoms with Gasteiger partial charge in [-0.3, -0.25) is 0 Å². The van der Waals surface area contributed by atoms with Crippen molar-refractivity contribution < 1.29 is 8.78 Å². The largest absolute Gasteiger partial charge is 0.308 e. The predicted octanol–water partition coefficient (Wildman–Crippen LogP) is 3.80. The van der Waals surface area contributed by atoms with Gasteiger partial charge in [0.2, 0.25) is 0 Å². The summed E-state index contributed by atoms with van der Waals surface area (Å²) in [4.78, 5) is 2.27. The molecule has 21 heavy (non-hydrogen) atoms. The van der Waals surface area contributed by atoms with Crippen LogP contribution in [0, 0.1) is 18.6 Å². The van der Waals surface area contributed by atoms with Crippen LogP contribution in [-0.4, -0.2) is 31.1 Å². The third-order valence-corrected chi connectivity index (χ3v) is 4.96. The van der Waals surface area contributed by atoms with Gasteiger partial charge in [-0.2, -0.15) is 0 Å². The van der Waals surface area contributed by atoms with E-state index in [2.05, 4.69) is 24.3 Å². The molecule has 1 aromatic carbocycles. The highest BCUT2D eigenvalue weighted by Gasteiger charge is 2.36. The zero-order valence-corrected chi connectivity index (χ0v) is 13.5. The molecule has 4 heteroatoms. The summed E-state index contributed by atoms with van der Waals surface area (Å²) < 4.78 is 27.7. The van der Waals surface area contributed by atoms with Crippen molar-refractivity contribution in [3.8, 4) is 0 Å². The second-order valence-electron chi connectivity index (χ2n) is 6.55. The highest BCUT2D eigenvalue weighted by atomic mass is 19.1. The number of benzene rings is 1. The molecule has 1 atom stereocenters. The zero-order chi connectivity index (χ0) is 15.6. The number of likely N-dealkylation sites (N-methyl/N-ethyl adjacent to an activating group) is 1. The SMILES string of the molecule is Cc1cc(F)c(C(C)NCC2(N(C)C)CCCC2)cc1F. The van der Waals surface area contributed by atoms with Crippen molar-refractivity contribution >= 4 is 0 Å². The zero-order valence-electron chi connectivity index (χ0n) is 13.5. The van der Waals surface area contributed by atoms with E-state index in [4.69, 9.17) is 0 Å². The summed E-state index contributed by atoms with van der Waals surface area (Å²) in [5.74, 6) is -0.678. The Morgan fingerprint density at radius 3 is 2.38 bits per heavy atom. The summed E-state index contributed by atoms with van der Waals surface area (Å²) in [5, 5.41) is 3.40. The van der Waals surface area contributed by atoms with E-state index >= 15 is 0 Å². The molecule has 0 amide bonds. The summed E-state index contributed by atoms with van der Waals surface area (Å²) in [5.41, 5.74) is 0.905. The molecule has 1 aliphatic carbocycles. The Hall–Kier alpha value is -1.00. The van der Waals surface area contributed by atoms with Crippen molar-refractivity contribution in [3.63, 3.8) is 0 Å². The fourth-order valence-corrected chi connectivity index (χ4v) is 3.26. The number of nitrogens with zero attached hydrogens (tertiary/aromatic N) is 1. The molecule has 0 aromatic heterocycles. The molecule has 0 spiro atoms. The van der Waals surface area contributed by atoms with Crippen LogP contribution >= 0.6 is 0 Å². The summed E-state index contributed by atoms with van der Waals surface area (Å²) in [6, 6.07) is 2.40. The molecule has 2 rings (SSSR count). The first-order chi connectivity index (χ1) is 9.85. The molecule has 1 N–H and O–H groups in total. The van der Waals surface area contributed by atoms with E-state index in [1.165, 1.54) is 25.0 Å². The van der Waals surface area contributed by atoms with Gasteiger partial charge in [-0.1, -0.05) is 12.8 Å². The van der Waals surface area contributed by atoms with Crippen LogP contribution in [0.1, 0.15) is 49.8 Å². The van der Waals surface area contributed by atoms with Crippen LogP contribution < -0.4 is 5.32 Å². The lowest BCUT2D eigenvalue weighted by atomic mass is 9.95. The minimum absolute atomic E-state index is 0.147. The number of aryl methyl sites for hydroxylation is 1. The fourth-order valence-electron chi connectivity index (χ4n) is 3.26. The van der Waals surface area contributed by atoms with E-state index in [9.17, 15) is 8.78 Å². The maximum absolute atomic E-state index is 14.0. The van der Waals surface area contributed by atoms with Crippen molar-refractivity contribution in [2.75, 3.05) is 20.6 Å². The summed E-state index contributed by atoms with van der Waals surface area (Å²) in [6.07, 6.45) is 4.79. The first kappa shape index (κ1) is 16.4. The highest BCUT2D eigenvalue weighted by molar-refractivity contribution is 5.27. The van der Waals surface area contributed by atoms with E-state index in [-0.39, 0.29) is 23.2 Å². The molecule has 1 aromatic rings. The smallest absolute Gasteiger partial charge is 0.128 e. The lowest BCUT2D eigenvalue weighted by molar-refractivity contribution is 0.150. The predicted molar refractivity (Wildman–Crippen MR) is 82.4 cm³/mol.